The topological polar surface area (TPSA) is 46.3 Å². The van der Waals surface area contributed by atoms with Gasteiger partial charge in [-0.3, -0.25) is 4.40 Å². The van der Waals surface area contributed by atoms with Crippen molar-refractivity contribution < 1.29 is 0 Å². The van der Waals surface area contributed by atoms with Crippen molar-refractivity contribution in [3.63, 3.8) is 0 Å². The molecule has 1 saturated heterocycles. The van der Waals surface area contributed by atoms with Gasteiger partial charge >= 0.3 is 0 Å². The normalized spacial score (nSPS) is 21.4. The lowest BCUT2D eigenvalue weighted by Gasteiger charge is -2.42. The lowest BCUT2D eigenvalue weighted by atomic mass is 9.71. The first-order chi connectivity index (χ1) is 14.0. The third kappa shape index (κ3) is 3.09. The minimum absolute atomic E-state index is 0.360. The molecule has 1 aromatic carbocycles. The summed E-state index contributed by atoms with van der Waals surface area (Å²) in [6, 6.07) is 5.46. The average Bonchev–Trinajstić information content (AvgIpc) is 3.33. The Balaban J connectivity index is 1.54. The van der Waals surface area contributed by atoms with Crippen LogP contribution in [0.15, 0.2) is 24.5 Å². The van der Waals surface area contributed by atoms with E-state index in [1.807, 2.05) is 16.5 Å². The number of nitrogens with zero attached hydrogens (tertiary/aromatic N) is 5. The molecular weight excluding hydrogens is 429 g/mol. The number of halogens is 3. The van der Waals surface area contributed by atoms with Gasteiger partial charge in [0.25, 0.3) is 0 Å². The molecule has 0 amide bonds. The van der Waals surface area contributed by atoms with E-state index in [2.05, 4.69) is 22.0 Å². The predicted molar refractivity (Wildman–Crippen MR) is 118 cm³/mol. The van der Waals surface area contributed by atoms with E-state index in [4.69, 9.17) is 39.8 Å². The summed E-state index contributed by atoms with van der Waals surface area (Å²) in [6.07, 6.45) is 8.14. The van der Waals surface area contributed by atoms with Crippen molar-refractivity contribution in [1.82, 2.24) is 19.6 Å². The van der Waals surface area contributed by atoms with Gasteiger partial charge in [-0.15, -0.1) is 10.2 Å². The number of hydrogen-bond donors (Lipinski definition) is 0. The van der Waals surface area contributed by atoms with E-state index in [0.717, 1.165) is 25.0 Å². The lowest BCUT2D eigenvalue weighted by Crippen LogP contribution is -2.42. The smallest absolute Gasteiger partial charge is 0.214 e. The van der Waals surface area contributed by atoms with Crippen LogP contribution in [0.25, 0.3) is 16.8 Å². The molecule has 5 nitrogen and oxygen atoms in total. The van der Waals surface area contributed by atoms with Gasteiger partial charge in [-0.2, -0.15) is 0 Å². The number of anilines is 1. The van der Waals surface area contributed by atoms with E-state index in [1.54, 1.807) is 12.4 Å². The van der Waals surface area contributed by atoms with Crippen molar-refractivity contribution in [3.8, 4) is 11.1 Å². The van der Waals surface area contributed by atoms with Crippen LogP contribution in [0.2, 0.25) is 15.2 Å². The Hall–Kier alpha value is -1.56. The van der Waals surface area contributed by atoms with Gasteiger partial charge < -0.3 is 4.90 Å². The number of benzene rings is 1. The highest BCUT2D eigenvalue weighted by molar-refractivity contribution is 6.44. The lowest BCUT2D eigenvalue weighted by molar-refractivity contribution is 0.161. The Morgan fingerprint density at radius 3 is 2.62 bits per heavy atom. The molecule has 2 fully saturated rings. The van der Waals surface area contributed by atoms with Crippen LogP contribution in [0, 0.1) is 11.3 Å². The number of hydrogen-bond acceptors (Lipinski definition) is 4. The molecule has 1 saturated carbocycles. The van der Waals surface area contributed by atoms with Crippen LogP contribution in [0.5, 0.6) is 0 Å². The largest absolute Gasteiger partial charge is 0.342 e. The quantitative estimate of drug-likeness (QED) is 0.439. The second-order valence-electron chi connectivity index (χ2n) is 8.35. The maximum atomic E-state index is 6.67. The summed E-state index contributed by atoms with van der Waals surface area (Å²) < 4.78 is 1.91. The Labute approximate surface area is 185 Å². The van der Waals surface area contributed by atoms with Crippen LogP contribution >= 0.6 is 34.8 Å². The maximum absolute atomic E-state index is 6.67. The summed E-state index contributed by atoms with van der Waals surface area (Å²) in [6.45, 7) is 4.36. The molecule has 5 rings (SSSR count). The monoisotopic (exact) mass is 449 g/mol. The minimum atomic E-state index is 0.360. The summed E-state index contributed by atoms with van der Waals surface area (Å²) in [7, 11) is 0. The highest BCUT2D eigenvalue weighted by Crippen LogP contribution is 2.50. The third-order valence-electron chi connectivity index (χ3n) is 7.01. The fourth-order valence-corrected chi connectivity index (χ4v) is 5.86. The molecule has 0 N–H and O–H groups in total. The predicted octanol–water partition coefficient (Wildman–Crippen LogP) is 6.16. The molecule has 0 radical (unpaired) electrons. The number of fused-ring (bicyclic) bond motifs is 1. The van der Waals surface area contributed by atoms with Gasteiger partial charge in [0.1, 0.15) is 11.5 Å². The minimum Gasteiger partial charge on any atom is -0.342 e. The van der Waals surface area contributed by atoms with Crippen LogP contribution in [0.1, 0.15) is 39.0 Å². The van der Waals surface area contributed by atoms with E-state index in [1.165, 1.54) is 32.1 Å². The van der Waals surface area contributed by atoms with Gasteiger partial charge in [-0.25, -0.2) is 4.98 Å². The van der Waals surface area contributed by atoms with Crippen molar-refractivity contribution in [3.05, 3.63) is 39.7 Å². The Morgan fingerprint density at radius 2 is 1.90 bits per heavy atom. The van der Waals surface area contributed by atoms with Crippen molar-refractivity contribution in [2.75, 3.05) is 18.0 Å². The standard InChI is InChI=1S/C21H22Cl3N5/c1-13-4-3-7-21(13)8-10-28(11-9-21)20-26-18(24)16(19-27-25-12-29(19)20)14-5-2-6-15(22)17(14)23/h2,5-6,12-13H,3-4,7-11H2,1H3/t13-/m1/s1. The zero-order chi connectivity index (χ0) is 20.2. The Bertz CT molecular complexity index is 1070. The zero-order valence-electron chi connectivity index (χ0n) is 16.2. The summed E-state index contributed by atoms with van der Waals surface area (Å²) >= 11 is 19.3. The van der Waals surface area contributed by atoms with Crippen LogP contribution < -0.4 is 4.90 Å². The molecule has 29 heavy (non-hydrogen) atoms. The van der Waals surface area contributed by atoms with Crippen LogP contribution in [-0.2, 0) is 0 Å². The number of rotatable bonds is 2. The number of piperidine rings is 1. The zero-order valence-corrected chi connectivity index (χ0v) is 18.5. The van der Waals surface area contributed by atoms with Crippen molar-refractivity contribution in [1.29, 1.82) is 0 Å². The van der Waals surface area contributed by atoms with Crippen LogP contribution in [0.3, 0.4) is 0 Å². The first kappa shape index (κ1) is 19.4. The summed E-state index contributed by atoms with van der Waals surface area (Å²) in [4.78, 5) is 7.06. The molecule has 152 valence electrons. The second kappa shape index (κ2) is 7.29. The first-order valence-corrected chi connectivity index (χ1v) is 11.2. The summed E-state index contributed by atoms with van der Waals surface area (Å²) in [5.74, 6) is 1.60. The van der Waals surface area contributed by atoms with E-state index >= 15 is 0 Å². The van der Waals surface area contributed by atoms with Crippen LogP contribution in [0.4, 0.5) is 5.95 Å². The SMILES string of the molecule is C[C@@H]1CCCC12CCN(c1nc(Cl)c(-c3cccc(Cl)c3Cl)c3nncn13)CC2. The van der Waals surface area contributed by atoms with Crippen molar-refractivity contribution in [2.45, 2.75) is 39.0 Å². The third-order valence-corrected chi connectivity index (χ3v) is 8.10. The average molecular weight is 451 g/mol. The molecule has 3 aromatic rings. The van der Waals surface area contributed by atoms with Gasteiger partial charge in [0.2, 0.25) is 5.95 Å². The molecule has 8 heteroatoms. The Kier molecular flexibility index (Phi) is 4.88. The molecule has 1 aliphatic heterocycles. The maximum Gasteiger partial charge on any atom is 0.214 e. The van der Waals surface area contributed by atoms with Gasteiger partial charge in [-0.05, 0) is 36.7 Å². The van der Waals surface area contributed by atoms with Crippen molar-refractivity contribution in [2.24, 2.45) is 11.3 Å². The van der Waals surface area contributed by atoms with Crippen LogP contribution in [-0.4, -0.2) is 32.7 Å². The van der Waals surface area contributed by atoms with E-state index in [0.29, 0.717) is 37.4 Å². The van der Waals surface area contributed by atoms with Crippen molar-refractivity contribution >= 4 is 46.4 Å². The van der Waals surface area contributed by atoms with Gasteiger partial charge in [0.15, 0.2) is 5.65 Å². The van der Waals surface area contributed by atoms with Gasteiger partial charge in [0.05, 0.1) is 15.6 Å². The van der Waals surface area contributed by atoms with Gasteiger partial charge in [-0.1, -0.05) is 66.7 Å². The molecule has 0 bridgehead atoms. The molecular formula is C21H22Cl3N5. The van der Waals surface area contributed by atoms with Gasteiger partial charge in [0, 0.05) is 18.7 Å². The Morgan fingerprint density at radius 1 is 1.10 bits per heavy atom. The second-order valence-corrected chi connectivity index (χ2v) is 9.49. The molecule has 1 spiro atoms. The molecule has 2 aliphatic rings. The molecule has 1 aliphatic carbocycles. The summed E-state index contributed by atoms with van der Waals surface area (Å²) in [5.41, 5.74) is 2.50. The van der Waals surface area contributed by atoms with E-state index in [-0.39, 0.29) is 0 Å². The van der Waals surface area contributed by atoms with E-state index in [9.17, 15) is 0 Å². The highest BCUT2D eigenvalue weighted by atomic mass is 35.5. The van der Waals surface area contributed by atoms with E-state index < -0.39 is 0 Å². The highest BCUT2D eigenvalue weighted by Gasteiger charge is 2.42. The fourth-order valence-electron chi connectivity index (χ4n) is 5.20. The molecule has 2 aromatic heterocycles. The fraction of sp³-hybridized carbons (Fsp3) is 0.476. The summed E-state index contributed by atoms with van der Waals surface area (Å²) in [5, 5.41) is 9.72. The number of aromatic nitrogens is 4. The molecule has 0 unspecified atom stereocenters. The molecule has 3 heterocycles. The molecule has 1 atom stereocenters. The first-order valence-electron chi connectivity index (χ1n) is 10.1.